The van der Waals surface area contributed by atoms with Crippen LogP contribution in [0.3, 0.4) is 0 Å². The Morgan fingerprint density at radius 3 is 2.59 bits per heavy atom. The topological polar surface area (TPSA) is 96.9 Å². The lowest BCUT2D eigenvalue weighted by Gasteiger charge is -2.24. The molecule has 1 unspecified atom stereocenters. The molecule has 2 amide bonds. The number of halogens is 2. The van der Waals surface area contributed by atoms with Crippen LogP contribution in [0, 0.1) is 11.6 Å². The van der Waals surface area contributed by atoms with Crippen molar-refractivity contribution in [2.24, 2.45) is 0 Å². The van der Waals surface area contributed by atoms with Gasteiger partial charge in [-0.1, -0.05) is 6.07 Å². The van der Waals surface area contributed by atoms with Gasteiger partial charge >= 0.3 is 11.8 Å². The van der Waals surface area contributed by atoms with Gasteiger partial charge in [-0.25, -0.2) is 8.78 Å². The highest BCUT2D eigenvalue weighted by Gasteiger charge is 2.28. The Bertz CT molecular complexity index is 901. The summed E-state index contributed by atoms with van der Waals surface area (Å²) >= 11 is 0. The van der Waals surface area contributed by atoms with E-state index in [1.54, 1.807) is 18.2 Å². The zero-order valence-electron chi connectivity index (χ0n) is 14.2. The lowest BCUT2D eigenvalue weighted by Crippen LogP contribution is -2.43. The molecule has 7 nitrogen and oxygen atoms in total. The SMILES string of the molecule is CC(O)(CNC(=O)C(=O)Nc1ccc(F)cc1F)c1ccc2c(c1)OCO2. The number of hydrogen-bond acceptors (Lipinski definition) is 5. The molecule has 0 saturated heterocycles. The fraction of sp³-hybridized carbons (Fsp3) is 0.222. The lowest BCUT2D eigenvalue weighted by atomic mass is 9.95. The average Bonchev–Trinajstić information content (AvgIpc) is 3.09. The fourth-order valence-corrected chi connectivity index (χ4v) is 2.44. The summed E-state index contributed by atoms with van der Waals surface area (Å²) in [6.45, 7) is 1.24. The molecule has 0 saturated carbocycles. The Kier molecular flexibility index (Phi) is 4.95. The van der Waals surface area contributed by atoms with Gasteiger partial charge in [-0.05, 0) is 36.8 Å². The third-order valence-corrected chi connectivity index (χ3v) is 3.97. The minimum absolute atomic E-state index is 0.0811. The van der Waals surface area contributed by atoms with Crippen molar-refractivity contribution in [3.05, 3.63) is 53.6 Å². The Hall–Kier alpha value is -3.20. The normalized spacial score (nSPS) is 14.4. The molecular formula is C18H16F2N2O5. The van der Waals surface area contributed by atoms with Gasteiger partial charge in [-0.15, -0.1) is 0 Å². The summed E-state index contributed by atoms with van der Waals surface area (Å²) in [5.74, 6) is -3.05. The molecule has 3 N–H and O–H groups in total. The summed E-state index contributed by atoms with van der Waals surface area (Å²) in [5.41, 5.74) is -1.39. The summed E-state index contributed by atoms with van der Waals surface area (Å²) in [7, 11) is 0. The van der Waals surface area contributed by atoms with Gasteiger partial charge < -0.3 is 25.2 Å². The van der Waals surface area contributed by atoms with Crippen LogP contribution in [0.1, 0.15) is 12.5 Å². The van der Waals surface area contributed by atoms with Crippen molar-refractivity contribution in [3.63, 3.8) is 0 Å². The number of aliphatic hydroxyl groups is 1. The zero-order chi connectivity index (χ0) is 19.6. The van der Waals surface area contributed by atoms with Gasteiger partial charge in [-0.2, -0.15) is 0 Å². The molecule has 3 rings (SSSR count). The minimum atomic E-state index is -1.50. The second-order valence-corrected chi connectivity index (χ2v) is 6.10. The number of benzene rings is 2. The molecule has 1 aliphatic heterocycles. The third-order valence-electron chi connectivity index (χ3n) is 3.97. The van der Waals surface area contributed by atoms with Crippen molar-refractivity contribution in [2.45, 2.75) is 12.5 Å². The average molecular weight is 378 g/mol. The molecule has 142 valence electrons. The maximum Gasteiger partial charge on any atom is 0.313 e. The number of fused-ring (bicyclic) bond motifs is 1. The van der Waals surface area contributed by atoms with E-state index in [1.807, 2.05) is 5.32 Å². The van der Waals surface area contributed by atoms with Crippen molar-refractivity contribution in [2.75, 3.05) is 18.7 Å². The predicted molar refractivity (Wildman–Crippen MR) is 90.1 cm³/mol. The van der Waals surface area contributed by atoms with Gasteiger partial charge in [0, 0.05) is 6.07 Å². The minimum Gasteiger partial charge on any atom is -0.454 e. The summed E-state index contributed by atoms with van der Waals surface area (Å²) < 4.78 is 36.8. The van der Waals surface area contributed by atoms with E-state index in [2.05, 4.69) is 5.32 Å². The van der Waals surface area contributed by atoms with E-state index < -0.39 is 29.0 Å². The van der Waals surface area contributed by atoms with Gasteiger partial charge in [0.15, 0.2) is 11.5 Å². The number of carbonyl (C=O) groups excluding carboxylic acids is 2. The second-order valence-electron chi connectivity index (χ2n) is 6.10. The molecule has 9 heteroatoms. The third kappa shape index (κ3) is 4.14. The molecule has 0 aliphatic carbocycles. The molecule has 0 bridgehead atoms. The first-order valence-corrected chi connectivity index (χ1v) is 7.93. The number of rotatable bonds is 4. The monoisotopic (exact) mass is 378 g/mol. The van der Waals surface area contributed by atoms with Crippen LogP contribution in [-0.2, 0) is 15.2 Å². The van der Waals surface area contributed by atoms with Crippen LogP contribution in [-0.4, -0.2) is 30.3 Å². The van der Waals surface area contributed by atoms with Crippen LogP contribution in [0.4, 0.5) is 14.5 Å². The first kappa shape index (κ1) is 18.6. The van der Waals surface area contributed by atoms with Crippen LogP contribution in [0.2, 0.25) is 0 Å². The number of hydrogen-bond donors (Lipinski definition) is 3. The molecule has 0 radical (unpaired) electrons. The number of amides is 2. The molecule has 0 aromatic heterocycles. The number of ether oxygens (including phenoxy) is 2. The summed E-state index contributed by atoms with van der Waals surface area (Å²) in [6, 6.07) is 7.33. The van der Waals surface area contributed by atoms with E-state index in [4.69, 9.17) is 9.47 Å². The molecule has 1 aliphatic rings. The van der Waals surface area contributed by atoms with Crippen molar-refractivity contribution in [1.82, 2.24) is 5.32 Å². The second kappa shape index (κ2) is 7.20. The van der Waals surface area contributed by atoms with Crippen LogP contribution < -0.4 is 20.1 Å². The highest BCUT2D eigenvalue weighted by molar-refractivity contribution is 6.39. The Labute approximate surface area is 152 Å². The number of nitrogens with one attached hydrogen (secondary N) is 2. The lowest BCUT2D eigenvalue weighted by molar-refractivity contribution is -0.136. The highest BCUT2D eigenvalue weighted by Crippen LogP contribution is 2.35. The van der Waals surface area contributed by atoms with E-state index in [9.17, 15) is 23.5 Å². The van der Waals surface area contributed by atoms with Crippen molar-refractivity contribution >= 4 is 17.5 Å². The molecular weight excluding hydrogens is 362 g/mol. The number of anilines is 1. The molecule has 1 heterocycles. The van der Waals surface area contributed by atoms with Crippen LogP contribution >= 0.6 is 0 Å². The summed E-state index contributed by atoms with van der Waals surface area (Å²) in [6.07, 6.45) is 0. The van der Waals surface area contributed by atoms with Crippen molar-refractivity contribution in [3.8, 4) is 11.5 Å². The van der Waals surface area contributed by atoms with Gasteiger partial charge in [0.1, 0.15) is 17.2 Å². The smallest absolute Gasteiger partial charge is 0.313 e. The van der Waals surface area contributed by atoms with E-state index in [1.165, 1.54) is 6.92 Å². The summed E-state index contributed by atoms with van der Waals surface area (Å²) in [4.78, 5) is 23.8. The van der Waals surface area contributed by atoms with Gasteiger partial charge in [0.05, 0.1) is 12.2 Å². The maximum atomic E-state index is 13.5. The van der Waals surface area contributed by atoms with E-state index >= 15 is 0 Å². The standard InChI is InChI=1S/C18H16F2N2O5/c1-18(25,10-2-5-14-15(6-10)27-9-26-14)8-21-16(23)17(24)22-13-4-3-11(19)7-12(13)20/h2-7,25H,8-9H2,1H3,(H,21,23)(H,22,24). The largest absolute Gasteiger partial charge is 0.454 e. The zero-order valence-corrected chi connectivity index (χ0v) is 14.2. The molecule has 0 fully saturated rings. The first-order valence-electron chi connectivity index (χ1n) is 7.93. The Morgan fingerprint density at radius 1 is 1.11 bits per heavy atom. The Morgan fingerprint density at radius 2 is 1.85 bits per heavy atom. The maximum absolute atomic E-state index is 13.5. The van der Waals surface area contributed by atoms with E-state index in [0.717, 1.165) is 12.1 Å². The quantitative estimate of drug-likeness (QED) is 0.703. The number of carbonyl (C=O) groups is 2. The van der Waals surface area contributed by atoms with Crippen LogP contribution in [0.15, 0.2) is 36.4 Å². The predicted octanol–water partition coefficient (Wildman–Crippen LogP) is 1.66. The summed E-state index contributed by atoms with van der Waals surface area (Å²) in [5, 5.41) is 14.9. The van der Waals surface area contributed by atoms with E-state index in [-0.39, 0.29) is 19.0 Å². The fourth-order valence-electron chi connectivity index (χ4n) is 2.44. The molecule has 27 heavy (non-hydrogen) atoms. The van der Waals surface area contributed by atoms with Crippen LogP contribution in [0.25, 0.3) is 0 Å². The Balaban J connectivity index is 1.61. The molecule has 1 atom stereocenters. The van der Waals surface area contributed by atoms with Gasteiger partial charge in [0.2, 0.25) is 6.79 Å². The van der Waals surface area contributed by atoms with Crippen molar-refractivity contribution < 1.29 is 33.0 Å². The van der Waals surface area contributed by atoms with E-state index in [0.29, 0.717) is 23.1 Å². The highest BCUT2D eigenvalue weighted by atomic mass is 19.1. The van der Waals surface area contributed by atoms with Gasteiger partial charge in [-0.3, -0.25) is 9.59 Å². The first-order chi connectivity index (χ1) is 12.8. The molecule has 2 aromatic rings. The molecule has 2 aromatic carbocycles. The molecule has 0 spiro atoms. The van der Waals surface area contributed by atoms with Crippen molar-refractivity contribution in [1.29, 1.82) is 0 Å². The van der Waals surface area contributed by atoms with Crippen LogP contribution in [0.5, 0.6) is 11.5 Å². The van der Waals surface area contributed by atoms with Gasteiger partial charge in [0.25, 0.3) is 0 Å².